The molecule has 0 heterocycles. The molecule has 0 saturated heterocycles. The smallest absolute Gasteiger partial charge is 0.391 e. The summed E-state index contributed by atoms with van der Waals surface area (Å²) >= 11 is 0. The number of hydrogen-bond donors (Lipinski definition) is 0. The average Bonchev–Trinajstić information content (AvgIpc) is 3.01. The fourth-order valence-electron chi connectivity index (χ4n) is 4.12. The van der Waals surface area contributed by atoms with E-state index in [9.17, 15) is 35.9 Å². The number of ether oxygens (including phenoxy) is 2. The van der Waals surface area contributed by atoms with Gasteiger partial charge in [0.15, 0.2) is 0 Å². The van der Waals surface area contributed by atoms with Gasteiger partial charge in [0, 0.05) is 11.6 Å². The van der Waals surface area contributed by atoms with Crippen molar-refractivity contribution in [2.24, 2.45) is 11.8 Å². The highest BCUT2D eigenvalue weighted by Gasteiger charge is 2.43. The summed E-state index contributed by atoms with van der Waals surface area (Å²) in [7, 11) is 0. The van der Waals surface area contributed by atoms with Gasteiger partial charge in [-0.05, 0) is 58.3 Å². The van der Waals surface area contributed by atoms with Crippen molar-refractivity contribution >= 4 is 11.9 Å². The third-order valence-electron chi connectivity index (χ3n) is 5.89. The first kappa shape index (κ1) is 25.5. The monoisotopic (exact) mass is 458 g/mol. The fourth-order valence-corrected chi connectivity index (χ4v) is 4.12. The van der Waals surface area contributed by atoms with Crippen molar-refractivity contribution < 1.29 is 45.4 Å². The normalized spacial score (nSPS) is 28.9. The molecule has 178 valence electrons. The standard InChI is InChI=1S/C21H28F6O4/c1-13(19(29)31-17-9-5-3-7-15(12-17)21(25,26)27)10-18(28)30-16-8-4-2-6-14(11-16)20(22,23)24/h10,14-17H,2-9,11-12H2,1H3/b13-10-. The van der Waals surface area contributed by atoms with Crippen LogP contribution in [0.3, 0.4) is 0 Å². The van der Waals surface area contributed by atoms with E-state index in [1.54, 1.807) is 0 Å². The molecule has 4 unspecified atom stereocenters. The average molecular weight is 458 g/mol. The van der Waals surface area contributed by atoms with Crippen LogP contribution >= 0.6 is 0 Å². The Labute approximate surface area is 177 Å². The van der Waals surface area contributed by atoms with Gasteiger partial charge >= 0.3 is 24.3 Å². The molecule has 0 aromatic rings. The summed E-state index contributed by atoms with van der Waals surface area (Å²) in [5.74, 6) is -4.98. The number of halogens is 6. The van der Waals surface area contributed by atoms with Crippen molar-refractivity contribution in [1.82, 2.24) is 0 Å². The van der Waals surface area contributed by atoms with Gasteiger partial charge in [-0.25, -0.2) is 9.59 Å². The maximum atomic E-state index is 13.0. The first-order chi connectivity index (χ1) is 14.4. The summed E-state index contributed by atoms with van der Waals surface area (Å²) in [5, 5.41) is 0. The van der Waals surface area contributed by atoms with E-state index in [-0.39, 0.29) is 31.3 Å². The predicted molar refractivity (Wildman–Crippen MR) is 98.8 cm³/mol. The minimum atomic E-state index is -4.36. The summed E-state index contributed by atoms with van der Waals surface area (Å²) < 4.78 is 88.4. The van der Waals surface area contributed by atoms with Crippen LogP contribution in [0.15, 0.2) is 11.6 Å². The fraction of sp³-hybridized carbons (Fsp3) is 0.810. The van der Waals surface area contributed by atoms with E-state index in [0.29, 0.717) is 38.5 Å². The maximum absolute atomic E-state index is 13.0. The van der Waals surface area contributed by atoms with Gasteiger partial charge < -0.3 is 9.47 Å². The van der Waals surface area contributed by atoms with Crippen LogP contribution in [0.4, 0.5) is 26.3 Å². The minimum absolute atomic E-state index is 0.0148. The Hall–Kier alpha value is -1.74. The number of alkyl halides is 6. The van der Waals surface area contributed by atoms with Crippen molar-refractivity contribution in [2.75, 3.05) is 0 Å². The Bertz CT molecular complexity index is 655. The molecule has 0 amide bonds. The van der Waals surface area contributed by atoms with E-state index in [0.717, 1.165) is 6.08 Å². The van der Waals surface area contributed by atoms with E-state index >= 15 is 0 Å². The topological polar surface area (TPSA) is 52.6 Å². The van der Waals surface area contributed by atoms with Gasteiger partial charge in [0.1, 0.15) is 12.2 Å². The van der Waals surface area contributed by atoms with Crippen molar-refractivity contribution in [3.05, 3.63) is 11.6 Å². The lowest BCUT2D eigenvalue weighted by molar-refractivity contribution is -0.185. The Morgan fingerprint density at radius 1 is 0.742 bits per heavy atom. The molecule has 2 aliphatic rings. The van der Waals surface area contributed by atoms with E-state index in [1.807, 2.05) is 0 Å². The molecule has 4 atom stereocenters. The van der Waals surface area contributed by atoms with Crippen molar-refractivity contribution in [3.8, 4) is 0 Å². The SMILES string of the molecule is C/C(=C/C(=O)OC1CCCCC(C(F)(F)F)C1)C(=O)OC1CCCCC(C(F)(F)F)C1. The zero-order chi connectivity index (χ0) is 23.2. The summed E-state index contributed by atoms with van der Waals surface area (Å²) in [6.07, 6.45) is -8.02. The highest BCUT2D eigenvalue weighted by Crippen LogP contribution is 2.38. The number of hydrogen-bond acceptors (Lipinski definition) is 4. The van der Waals surface area contributed by atoms with Crippen LogP contribution in [0.1, 0.15) is 71.1 Å². The van der Waals surface area contributed by atoms with E-state index in [4.69, 9.17) is 9.47 Å². The Morgan fingerprint density at radius 2 is 1.16 bits per heavy atom. The molecule has 31 heavy (non-hydrogen) atoms. The zero-order valence-corrected chi connectivity index (χ0v) is 17.4. The molecule has 0 aromatic heterocycles. The largest absolute Gasteiger partial charge is 0.459 e. The third-order valence-corrected chi connectivity index (χ3v) is 5.89. The highest BCUT2D eigenvalue weighted by atomic mass is 19.4. The van der Waals surface area contributed by atoms with Crippen LogP contribution < -0.4 is 0 Å². The second kappa shape index (κ2) is 10.7. The van der Waals surface area contributed by atoms with Gasteiger partial charge in [-0.15, -0.1) is 0 Å². The maximum Gasteiger partial charge on any atom is 0.391 e. The lowest BCUT2D eigenvalue weighted by Crippen LogP contribution is -2.29. The number of esters is 2. The predicted octanol–water partition coefficient (Wildman–Crippen LogP) is 6.04. The second-order valence-corrected chi connectivity index (χ2v) is 8.43. The van der Waals surface area contributed by atoms with Crippen LogP contribution in [-0.2, 0) is 19.1 Å². The quantitative estimate of drug-likeness (QED) is 0.223. The van der Waals surface area contributed by atoms with Crippen LogP contribution in [-0.4, -0.2) is 36.5 Å². The van der Waals surface area contributed by atoms with Crippen LogP contribution in [0.5, 0.6) is 0 Å². The first-order valence-corrected chi connectivity index (χ1v) is 10.6. The molecule has 0 spiro atoms. The highest BCUT2D eigenvalue weighted by molar-refractivity contribution is 5.96. The van der Waals surface area contributed by atoms with Gasteiger partial charge in [-0.2, -0.15) is 26.3 Å². The van der Waals surface area contributed by atoms with Gasteiger partial charge in [-0.3, -0.25) is 0 Å². The lowest BCUT2D eigenvalue weighted by Gasteiger charge is -2.23. The molecule has 0 aliphatic heterocycles. The molecule has 2 fully saturated rings. The summed E-state index contributed by atoms with van der Waals surface area (Å²) in [6.45, 7) is 1.26. The molecular formula is C21H28F6O4. The molecule has 2 rings (SSSR count). The number of rotatable bonds is 4. The summed E-state index contributed by atoms with van der Waals surface area (Å²) in [6, 6.07) is 0. The van der Waals surface area contributed by atoms with E-state index in [1.165, 1.54) is 6.92 Å². The minimum Gasteiger partial charge on any atom is -0.459 e. The first-order valence-electron chi connectivity index (χ1n) is 10.6. The Kier molecular flexibility index (Phi) is 8.83. The lowest BCUT2D eigenvalue weighted by atomic mass is 9.99. The van der Waals surface area contributed by atoms with Gasteiger partial charge in [-0.1, -0.05) is 12.8 Å². The Morgan fingerprint density at radius 3 is 1.61 bits per heavy atom. The molecule has 10 heteroatoms. The molecule has 2 aliphatic carbocycles. The Balaban J connectivity index is 1.92. The van der Waals surface area contributed by atoms with Gasteiger partial charge in [0.05, 0.1) is 11.8 Å². The molecular weight excluding hydrogens is 430 g/mol. The molecule has 0 N–H and O–H groups in total. The zero-order valence-electron chi connectivity index (χ0n) is 17.4. The second-order valence-electron chi connectivity index (χ2n) is 8.43. The summed E-state index contributed by atoms with van der Waals surface area (Å²) in [5.41, 5.74) is -0.168. The molecule has 0 aromatic carbocycles. The van der Waals surface area contributed by atoms with Crippen LogP contribution in [0.2, 0.25) is 0 Å². The summed E-state index contributed by atoms with van der Waals surface area (Å²) in [4.78, 5) is 24.3. The van der Waals surface area contributed by atoms with E-state index in [2.05, 4.69) is 0 Å². The van der Waals surface area contributed by atoms with Crippen molar-refractivity contribution in [2.45, 2.75) is 95.7 Å². The van der Waals surface area contributed by atoms with Gasteiger partial charge in [0.2, 0.25) is 0 Å². The third kappa shape index (κ3) is 8.37. The van der Waals surface area contributed by atoms with Gasteiger partial charge in [0.25, 0.3) is 0 Å². The number of carbonyl (C=O) groups excluding carboxylic acids is 2. The van der Waals surface area contributed by atoms with Crippen molar-refractivity contribution in [3.63, 3.8) is 0 Å². The molecule has 2 saturated carbocycles. The molecule has 4 nitrogen and oxygen atoms in total. The molecule has 0 radical (unpaired) electrons. The van der Waals surface area contributed by atoms with Crippen LogP contribution in [0, 0.1) is 11.8 Å². The number of carbonyl (C=O) groups is 2. The molecule has 0 bridgehead atoms. The van der Waals surface area contributed by atoms with E-state index < -0.39 is 48.3 Å². The van der Waals surface area contributed by atoms with Crippen molar-refractivity contribution in [1.29, 1.82) is 0 Å². The van der Waals surface area contributed by atoms with Crippen LogP contribution in [0.25, 0.3) is 0 Å².